The summed E-state index contributed by atoms with van der Waals surface area (Å²) < 4.78 is 5.36. The number of carbonyl (C=O) groups excluding carboxylic acids is 1. The molecule has 0 fully saturated rings. The van der Waals surface area contributed by atoms with Gasteiger partial charge in [0, 0.05) is 12.0 Å². The topological polar surface area (TPSA) is 62.5 Å². The molecular formula is C14H15NO3S. The zero-order chi connectivity index (χ0) is 13.3. The molecular weight excluding hydrogens is 262 g/mol. The third-order valence-electron chi connectivity index (χ3n) is 3.53. The molecule has 4 nitrogen and oxygen atoms in total. The van der Waals surface area contributed by atoms with E-state index in [9.17, 15) is 9.90 Å². The van der Waals surface area contributed by atoms with E-state index in [4.69, 9.17) is 4.42 Å². The lowest BCUT2D eigenvalue weighted by molar-refractivity contribution is 0.0169. The van der Waals surface area contributed by atoms with Crippen molar-refractivity contribution < 1.29 is 14.3 Å². The first-order valence-electron chi connectivity index (χ1n) is 6.30. The third-order valence-corrected chi connectivity index (χ3v) is 4.40. The van der Waals surface area contributed by atoms with E-state index in [-0.39, 0.29) is 12.5 Å². The Kier molecular flexibility index (Phi) is 3.16. The van der Waals surface area contributed by atoms with Gasteiger partial charge in [0.15, 0.2) is 0 Å². The van der Waals surface area contributed by atoms with Gasteiger partial charge in [0.2, 0.25) is 0 Å². The number of furan rings is 1. The predicted octanol–water partition coefficient (Wildman–Crippen LogP) is 2.29. The number of hydrogen-bond acceptors (Lipinski definition) is 4. The van der Waals surface area contributed by atoms with Gasteiger partial charge in [0.1, 0.15) is 11.4 Å². The summed E-state index contributed by atoms with van der Waals surface area (Å²) in [7, 11) is 0. The van der Waals surface area contributed by atoms with Gasteiger partial charge in [-0.05, 0) is 30.4 Å². The van der Waals surface area contributed by atoms with Crippen LogP contribution in [0.4, 0.5) is 0 Å². The lowest BCUT2D eigenvalue weighted by atomic mass is 9.83. The fraction of sp³-hybridized carbons (Fsp3) is 0.357. The van der Waals surface area contributed by atoms with Gasteiger partial charge >= 0.3 is 0 Å². The number of nitrogens with one attached hydrogen (secondary N) is 1. The Bertz CT molecular complexity index is 575. The SMILES string of the molecule is O=C(NCC1(O)CCCc2occc21)c1cccs1. The molecule has 2 aromatic rings. The second-order valence-electron chi connectivity index (χ2n) is 4.80. The number of hydrogen-bond donors (Lipinski definition) is 2. The Balaban J connectivity index is 1.72. The van der Waals surface area contributed by atoms with Gasteiger partial charge in [0.05, 0.1) is 17.7 Å². The maximum atomic E-state index is 11.9. The van der Waals surface area contributed by atoms with E-state index >= 15 is 0 Å². The molecule has 1 unspecified atom stereocenters. The van der Waals surface area contributed by atoms with Crippen molar-refractivity contribution in [3.63, 3.8) is 0 Å². The molecule has 2 aromatic heterocycles. The monoisotopic (exact) mass is 277 g/mol. The van der Waals surface area contributed by atoms with Crippen LogP contribution in [0.1, 0.15) is 33.8 Å². The first-order valence-corrected chi connectivity index (χ1v) is 7.18. The van der Waals surface area contributed by atoms with Crippen LogP contribution in [0, 0.1) is 0 Å². The number of aryl methyl sites for hydroxylation is 1. The van der Waals surface area contributed by atoms with Crippen LogP contribution in [0.25, 0.3) is 0 Å². The molecule has 0 spiro atoms. The van der Waals surface area contributed by atoms with Crippen molar-refractivity contribution >= 4 is 17.2 Å². The largest absolute Gasteiger partial charge is 0.469 e. The van der Waals surface area contributed by atoms with Gasteiger partial charge in [0.25, 0.3) is 5.91 Å². The van der Waals surface area contributed by atoms with Crippen molar-refractivity contribution in [3.05, 3.63) is 46.0 Å². The zero-order valence-corrected chi connectivity index (χ0v) is 11.2. The van der Waals surface area contributed by atoms with Crippen LogP contribution in [-0.2, 0) is 12.0 Å². The summed E-state index contributed by atoms with van der Waals surface area (Å²) >= 11 is 1.39. The minimum absolute atomic E-state index is 0.140. The molecule has 1 atom stereocenters. The highest BCUT2D eigenvalue weighted by Crippen LogP contribution is 2.35. The number of thiophene rings is 1. The highest BCUT2D eigenvalue weighted by molar-refractivity contribution is 7.12. The average molecular weight is 277 g/mol. The fourth-order valence-electron chi connectivity index (χ4n) is 2.53. The van der Waals surface area contributed by atoms with Gasteiger partial charge < -0.3 is 14.8 Å². The van der Waals surface area contributed by atoms with Gasteiger partial charge in [-0.25, -0.2) is 0 Å². The van der Waals surface area contributed by atoms with Crippen LogP contribution in [0.15, 0.2) is 34.3 Å². The molecule has 1 amide bonds. The van der Waals surface area contributed by atoms with Gasteiger partial charge in [-0.1, -0.05) is 6.07 Å². The Morgan fingerprint density at radius 3 is 3.21 bits per heavy atom. The van der Waals surface area contributed by atoms with Crippen molar-refractivity contribution in [1.82, 2.24) is 5.32 Å². The highest BCUT2D eigenvalue weighted by atomic mass is 32.1. The number of carbonyl (C=O) groups is 1. The van der Waals surface area contributed by atoms with E-state index in [1.807, 2.05) is 11.4 Å². The standard InChI is InChI=1S/C14H15NO3S/c16-13(12-4-2-8-19-12)15-9-14(17)6-1-3-11-10(14)5-7-18-11/h2,4-5,7-8,17H,1,3,6,9H2,(H,15,16). The van der Waals surface area contributed by atoms with Gasteiger partial charge in [-0.2, -0.15) is 0 Å². The van der Waals surface area contributed by atoms with E-state index in [2.05, 4.69) is 5.32 Å². The predicted molar refractivity (Wildman–Crippen MR) is 72.2 cm³/mol. The van der Waals surface area contributed by atoms with E-state index in [0.717, 1.165) is 24.2 Å². The Morgan fingerprint density at radius 2 is 2.42 bits per heavy atom. The first kappa shape index (κ1) is 12.4. The van der Waals surface area contributed by atoms with E-state index < -0.39 is 5.60 Å². The molecule has 0 aromatic carbocycles. The highest BCUT2D eigenvalue weighted by Gasteiger charge is 2.36. The lowest BCUT2D eigenvalue weighted by Gasteiger charge is -2.31. The summed E-state index contributed by atoms with van der Waals surface area (Å²) in [6.45, 7) is 0.219. The van der Waals surface area contributed by atoms with Gasteiger partial charge in [-0.15, -0.1) is 11.3 Å². The lowest BCUT2D eigenvalue weighted by Crippen LogP contribution is -2.42. The number of aliphatic hydroxyl groups is 1. The Labute approximate surface area is 115 Å². The normalized spacial score (nSPS) is 21.9. The summed E-state index contributed by atoms with van der Waals surface area (Å²) in [6.07, 6.45) is 3.96. The van der Waals surface area contributed by atoms with Crippen molar-refractivity contribution in [1.29, 1.82) is 0 Å². The smallest absolute Gasteiger partial charge is 0.261 e. The summed E-state index contributed by atoms with van der Waals surface area (Å²) in [5.74, 6) is 0.693. The van der Waals surface area contributed by atoms with Crippen molar-refractivity contribution in [3.8, 4) is 0 Å². The second-order valence-corrected chi connectivity index (χ2v) is 5.75. The van der Waals surface area contributed by atoms with Crippen LogP contribution in [0.3, 0.4) is 0 Å². The summed E-state index contributed by atoms with van der Waals surface area (Å²) in [5.41, 5.74) is -0.196. The molecule has 1 aliphatic rings. The maximum Gasteiger partial charge on any atom is 0.261 e. The van der Waals surface area contributed by atoms with Crippen LogP contribution >= 0.6 is 11.3 Å². The summed E-state index contributed by atoms with van der Waals surface area (Å²) in [4.78, 5) is 12.6. The molecule has 19 heavy (non-hydrogen) atoms. The van der Waals surface area contributed by atoms with Crippen LogP contribution in [0.2, 0.25) is 0 Å². The molecule has 0 bridgehead atoms. The van der Waals surface area contributed by atoms with E-state index in [1.165, 1.54) is 11.3 Å². The molecule has 5 heteroatoms. The molecule has 0 aliphatic heterocycles. The molecule has 100 valence electrons. The van der Waals surface area contributed by atoms with Crippen LogP contribution < -0.4 is 5.32 Å². The minimum atomic E-state index is -1.01. The van der Waals surface area contributed by atoms with E-state index in [1.54, 1.807) is 18.4 Å². The molecule has 0 saturated heterocycles. The van der Waals surface area contributed by atoms with Crippen LogP contribution in [0.5, 0.6) is 0 Å². The molecule has 2 N–H and O–H groups in total. The van der Waals surface area contributed by atoms with Crippen molar-refractivity contribution in [2.24, 2.45) is 0 Å². The number of rotatable bonds is 3. The molecule has 3 rings (SSSR count). The third kappa shape index (κ3) is 2.31. The van der Waals surface area contributed by atoms with E-state index in [0.29, 0.717) is 11.3 Å². The number of amides is 1. The van der Waals surface area contributed by atoms with Crippen LogP contribution in [-0.4, -0.2) is 17.6 Å². The Hall–Kier alpha value is -1.59. The molecule has 1 aliphatic carbocycles. The second kappa shape index (κ2) is 4.83. The quantitative estimate of drug-likeness (QED) is 0.905. The molecule has 0 radical (unpaired) electrons. The average Bonchev–Trinajstić information content (AvgIpc) is 3.07. The maximum absolute atomic E-state index is 11.9. The fourth-order valence-corrected chi connectivity index (χ4v) is 3.17. The summed E-state index contributed by atoms with van der Waals surface area (Å²) in [5, 5.41) is 15.4. The van der Waals surface area contributed by atoms with Gasteiger partial charge in [-0.3, -0.25) is 4.79 Å². The Morgan fingerprint density at radius 1 is 1.53 bits per heavy atom. The number of fused-ring (bicyclic) bond motifs is 1. The molecule has 0 saturated carbocycles. The van der Waals surface area contributed by atoms with Crippen molar-refractivity contribution in [2.45, 2.75) is 24.9 Å². The molecule has 2 heterocycles. The minimum Gasteiger partial charge on any atom is -0.469 e. The first-order chi connectivity index (χ1) is 9.19. The zero-order valence-electron chi connectivity index (χ0n) is 10.4. The summed E-state index contributed by atoms with van der Waals surface area (Å²) in [6, 6.07) is 5.41. The van der Waals surface area contributed by atoms with Crippen molar-refractivity contribution in [2.75, 3.05) is 6.54 Å².